The van der Waals surface area contributed by atoms with Gasteiger partial charge in [-0.25, -0.2) is 0 Å². The van der Waals surface area contributed by atoms with E-state index in [2.05, 4.69) is 57.1 Å². The van der Waals surface area contributed by atoms with Gasteiger partial charge in [0, 0.05) is 23.7 Å². The lowest BCUT2D eigenvalue weighted by atomic mass is 10.1. The van der Waals surface area contributed by atoms with Gasteiger partial charge in [-0.1, -0.05) is 37.6 Å². The van der Waals surface area contributed by atoms with Crippen LogP contribution < -0.4 is 5.32 Å². The molecule has 20 heavy (non-hydrogen) atoms. The first kappa shape index (κ1) is 17.5. The molecular weight excluding hydrogens is 268 g/mol. The molecule has 0 heterocycles. The number of halogens is 1. The molecule has 0 aliphatic heterocycles. The van der Waals surface area contributed by atoms with Gasteiger partial charge < -0.3 is 5.32 Å². The predicted octanol–water partition coefficient (Wildman–Crippen LogP) is 4.36. The highest BCUT2D eigenvalue weighted by atomic mass is 35.5. The molecule has 0 spiro atoms. The van der Waals surface area contributed by atoms with Crippen LogP contribution in [0.2, 0.25) is 5.02 Å². The number of benzene rings is 1. The molecule has 0 bridgehead atoms. The lowest BCUT2D eigenvalue weighted by Crippen LogP contribution is -2.39. The Bertz CT molecular complexity index is 392. The van der Waals surface area contributed by atoms with E-state index in [0.717, 1.165) is 24.0 Å². The predicted molar refractivity (Wildman–Crippen MR) is 89.4 cm³/mol. The van der Waals surface area contributed by atoms with Crippen molar-refractivity contribution in [1.82, 2.24) is 10.2 Å². The van der Waals surface area contributed by atoms with E-state index in [0.29, 0.717) is 12.1 Å². The molecule has 0 saturated heterocycles. The maximum atomic E-state index is 6.07. The second-order valence-electron chi connectivity index (χ2n) is 6.13. The molecule has 2 atom stereocenters. The van der Waals surface area contributed by atoms with Gasteiger partial charge in [0.2, 0.25) is 0 Å². The lowest BCUT2D eigenvalue weighted by molar-refractivity contribution is 0.193. The van der Waals surface area contributed by atoms with Crippen molar-refractivity contribution in [3.05, 3.63) is 34.9 Å². The van der Waals surface area contributed by atoms with E-state index in [9.17, 15) is 0 Å². The first-order valence-electron chi connectivity index (χ1n) is 7.60. The van der Waals surface area contributed by atoms with Gasteiger partial charge in [0.15, 0.2) is 0 Å². The van der Waals surface area contributed by atoms with Crippen molar-refractivity contribution in [3.63, 3.8) is 0 Å². The fourth-order valence-electron chi connectivity index (χ4n) is 2.23. The Kier molecular flexibility index (Phi) is 7.57. The van der Waals surface area contributed by atoms with Crippen LogP contribution >= 0.6 is 11.6 Å². The van der Waals surface area contributed by atoms with Gasteiger partial charge in [0.1, 0.15) is 0 Å². The topological polar surface area (TPSA) is 15.3 Å². The average Bonchev–Trinajstić information content (AvgIpc) is 2.41. The third-order valence-corrected chi connectivity index (χ3v) is 4.21. The number of likely N-dealkylation sites (N-methyl/N-ethyl adjacent to an activating group) is 1. The maximum Gasteiger partial charge on any atom is 0.0409 e. The molecule has 1 N–H and O–H groups in total. The first-order chi connectivity index (χ1) is 9.41. The van der Waals surface area contributed by atoms with E-state index in [1.54, 1.807) is 0 Å². The van der Waals surface area contributed by atoms with Gasteiger partial charge in [-0.3, -0.25) is 4.90 Å². The van der Waals surface area contributed by atoms with Crippen molar-refractivity contribution in [2.24, 2.45) is 5.92 Å². The van der Waals surface area contributed by atoms with E-state index in [1.807, 2.05) is 12.1 Å². The minimum absolute atomic E-state index is 0.371. The third-order valence-electron chi connectivity index (χ3n) is 3.98. The van der Waals surface area contributed by atoms with Gasteiger partial charge in [0.25, 0.3) is 0 Å². The molecule has 2 unspecified atom stereocenters. The van der Waals surface area contributed by atoms with Crippen LogP contribution in [-0.4, -0.2) is 31.1 Å². The highest BCUT2D eigenvalue weighted by Crippen LogP contribution is 2.23. The van der Waals surface area contributed by atoms with Crippen molar-refractivity contribution in [3.8, 4) is 0 Å². The molecule has 1 rings (SSSR count). The van der Waals surface area contributed by atoms with E-state index < -0.39 is 0 Å². The van der Waals surface area contributed by atoms with Crippen LogP contribution in [0.3, 0.4) is 0 Å². The number of rotatable bonds is 8. The van der Waals surface area contributed by atoms with Gasteiger partial charge in [-0.2, -0.15) is 0 Å². The molecule has 1 aromatic carbocycles. The van der Waals surface area contributed by atoms with E-state index >= 15 is 0 Å². The van der Waals surface area contributed by atoms with Crippen molar-refractivity contribution >= 4 is 11.6 Å². The smallest absolute Gasteiger partial charge is 0.0409 e. The molecule has 1 aromatic rings. The highest BCUT2D eigenvalue weighted by Gasteiger charge is 2.17. The quantitative estimate of drug-likeness (QED) is 0.717. The normalized spacial score (nSPS) is 14.8. The summed E-state index contributed by atoms with van der Waals surface area (Å²) in [6.07, 6.45) is 1.24. The van der Waals surface area contributed by atoms with E-state index in [4.69, 9.17) is 11.6 Å². The fraction of sp³-hybridized carbons (Fsp3) is 0.647. The Morgan fingerprint density at radius 3 is 2.50 bits per heavy atom. The van der Waals surface area contributed by atoms with Gasteiger partial charge in [-0.15, -0.1) is 0 Å². The van der Waals surface area contributed by atoms with Crippen LogP contribution in [0.5, 0.6) is 0 Å². The summed E-state index contributed by atoms with van der Waals surface area (Å²) in [7, 11) is 2.18. The standard InChI is InChI=1S/C17H29ClN2/c1-13(2)9-10-19-12-14(3)20(5)15(4)16-7-6-8-17(18)11-16/h6-8,11,13-15,19H,9-10,12H2,1-5H3. The van der Waals surface area contributed by atoms with Crippen LogP contribution in [-0.2, 0) is 0 Å². The van der Waals surface area contributed by atoms with Crippen LogP contribution in [0.4, 0.5) is 0 Å². The van der Waals surface area contributed by atoms with Crippen LogP contribution in [0.1, 0.15) is 45.7 Å². The number of hydrogen-bond donors (Lipinski definition) is 1. The Balaban J connectivity index is 2.45. The van der Waals surface area contributed by atoms with Crippen LogP contribution in [0.15, 0.2) is 24.3 Å². The van der Waals surface area contributed by atoms with E-state index in [-0.39, 0.29) is 0 Å². The largest absolute Gasteiger partial charge is 0.315 e. The summed E-state index contributed by atoms with van der Waals surface area (Å²) in [6, 6.07) is 9.02. The third kappa shape index (κ3) is 5.82. The summed E-state index contributed by atoms with van der Waals surface area (Å²) in [6.45, 7) is 11.1. The molecule has 0 fully saturated rings. The van der Waals surface area contributed by atoms with Crippen LogP contribution in [0, 0.1) is 5.92 Å². The molecule has 3 heteroatoms. The average molecular weight is 297 g/mol. The zero-order valence-electron chi connectivity index (χ0n) is 13.5. The molecule has 0 radical (unpaired) electrons. The number of nitrogens with one attached hydrogen (secondary N) is 1. The van der Waals surface area contributed by atoms with Crippen LogP contribution in [0.25, 0.3) is 0 Å². The van der Waals surface area contributed by atoms with E-state index in [1.165, 1.54) is 12.0 Å². The zero-order chi connectivity index (χ0) is 15.1. The van der Waals surface area contributed by atoms with Crippen molar-refractivity contribution in [2.75, 3.05) is 20.1 Å². The minimum Gasteiger partial charge on any atom is -0.315 e. The summed E-state index contributed by atoms with van der Waals surface area (Å²) >= 11 is 6.07. The Hall–Kier alpha value is -0.570. The second-order valence-corrected chi connectivity index (χ2v) is 6.57. The summed E-state index contributed by atoms with van der Waals surface area (Å²) in [5.74, 6) is 0.765. The van der Waals surface area contributed by atoms with Crippen molar-refractivity contribution in [1.29, 1.82) is 0 Å². The molecule has 114 valence electrons. The first-order valence-corrected chi connectivity index (χ1v) is 7.97. The summed E-state index contributed by atoms with van der Waals surface area (Å²) < 4.78 is 0. The fourth-order valence-corrected chi connectivity index (χ4v) is 2.43. The second kappa shape index (κ2) is 8.66. The maximum absolute atomic E-state index is 6.07. The summed E-state index contributed by atoms with van der Waals surface area (Å²) in [5, 5.41) is 4.36. The zero-order valence-corrected chi connectivity index (χ0v) is 14.2. The molecule has 0 aliphatic carbocycles. The Morgan fingerprint density at radius 2 is 1.90 bits per heavy atom. The van der Waals surface area contributed by atoms with Crippen molar-refractivity contribution in [2.45, 2.75) is 46.2 Å². The van der Waals surface area contributed by atoms with Gasteiger partial charge >= 0.3 is 0 Å². The van der Waals surface area contributed by atoms with Gasteiger partial charge in [-0.05, 0) is 57.5 Å². The molecule has 0 saturated carbocycles. The minimum atomic E-state index is 0.371. The SMILES string of the molecule is CC(C)CCNCC(C)N(C)C(C)c1cccc(Cl)c1. The molecular formula is C17H29ClN2. The Morgan fingerprint density at radius 1 is 1.20 bits per heavy atom. The highest BCUT2D eigenvalue weighted by molar-refractivity contribution is 6.30. The molecule has 0 amide bonds. The summed E-state index contributed by atoms with van der Waals surface area (Å²) in [5.41, 5.74) is 1.27. The molecule has 0 aliphatic rings. The number of nitrogens with zero attached hydrogens (tertiary/aromatic N) is 1. The summed E-state index contributed by atoms with van der Waals surface area (Å²) in [4.78, 5) is 2.40. The monoisotopic (exact) mass is 296 g/mol. The lowest BCUT2D eigenvalue weighted by Gasteiger charge is -2.31. The van der Waals surface area contributed by atoms with Gasteiger partial charge in [0.05, 0.1) is 0 Å². The number of hydrogen-bond acceptors (Lipinski definition) is 2. The van der Waals surface area contributed by atoms with Crippen molar-refractivity contribution < 1.29 is 0 Å². The molecule has 2 nitrogen and oxygen atoms in total. The Labute approximate surface area is 129 Å². The molecule has 0 aromatic heterocycles.